The van der Waals surface area contributed by atoms with Crippen LogP contribution in [0.15, 0.2) is 36.4 Å². The zero-order valence-electron chi connectivity index (χ0n) is 16.5. The van der Waals surface area contributed by atoms with Gasteiger partial charge in [-0.15, -0.1) is 0 Å². The molecule has 1 atom stereocenters. The Balaban J connectivity index is 2.40. The molecule has 2 aromatic carbocycles. The molecule has 152 valence electrons. The van der Waals surface area contributed by atoms with Crippen LogP contribution in [0, 0.1) is 12.3 Å². The van der Waals surface area contributed by atoms with E-state index in [1.807, 2.05) is 20.8 Å². The zero-order valence-corrected chi connectivity index (χ0v) is 18.0. The molecule has 0 aliphatic heterocycles. The summed E-state index contributed by atoms with van der Waals surface area (Å²) < 4.78 is 1.45. The number of nitrogens with zero attached hydrogens (tertiary/aromatic N) is 1. The number of hydrogen-bond acceptors (Lipinski definition) is 3. The third kappa shape index (κ3) is 3.61. The lowest BCUT2D eigenvalue weighted by Gasteiger charge is -2.28. The van der Waals surface area contributed by atoms with E-state index in [0.717, 1.165) is 0 Å². The third-order valence-corrected chi connectivity index (χ3v) is 5.67. The number of hydrogen-bond donors (Lipinski definition) is 2. The third-order valence-electron chi connectivity index (χ3n) is 5.03. The average Bonchev–Trinajstić information content (AvgIpc) is 2.90. The maximum Gasteiger partial charge on any atom is 0.311 e. The monoisotopic (exact) mass is 433 g/mol. The minimum absolute atomic E-state index is 0.0266. The van der Waals surface area contributed by atoms with Crippen LogP contribution in [-0.4, -0.2) is 26.7 Å². The van der Waals surface area contributed by atoms with E-state index >= 15 is 0 Å². The van der Waals surface area contributed by atoms with Gasteiger partial charge in [-0.05, 0) is 54.3 Å². The molecule has 2 N–H and O–H groups in total. The molecule has 5 nitrogen and oxygen atoms in total. The van der Waals surface area contributed by atoms with Gasteiger partial charge in [-0.2, -0.15) is 0 Å². The predicted octanol–water partition coefficient (Wildman–Crippen LogP) is 5.86. The van der Waals surface area contributed by atoms with Crippen LogP contribution in [0.4, 0.5) is 0 Å². The van der Waals surface area contributed by atoms with Gasteiger partial charge >= 0.3 is 5.97 Å². The first-order valence-electron chi connectivity index (χ1n) is 9.00. The summed E-state index contributed by atoms with van der Waals surface area (Å²) in [5.41, 5.74) is 1.06. The van der Waals surface area contributed by atoms with Crippen molar-refractivity contribution in [3.8, 4) is 5.75 Å². The van der Waals surface area contributed by atoms with E-state index in [4.69, 9.17) is 23.2 Å². The summed E-state index contributed by atoms with van der Waals surface area (Å²) >= 11 is 12.3. The molecule has 1 heterocycles. The molecule has 0 aliphatic rings. The Morgan fingerprint density at radius 2 is 1.62 bits per heavy atom. The van der Waals surface area contributed by atoms with Crippen LogP contribution in [0.5, 0.6) is 5.75 Å². The van der Waals surface area contributed by atoms with Gasteiger partial charge in [0, 0.05) is 21.7 Å². The summed E-state index contributed by atoms with van der Waals surface area (Å²) in [6, 6.07) is 9.41. The first-order valence-corrected chi connectivity index (χ1v) is 9.76. The molecule has 0 saturated carbocycles. The van der Waals surface area contributed by atoms with Gasteiger partial charge in [0.2, 0.25) is 0 Å². The maximum absolute atomic E-state index is 13.3. The highest BCUT2D eigenvalue weighted by Crippen LogP contribution is 2.46. The maximum atomic E-state index is 13.3. The van der Waals surface area contributed by atoms with Crippen molar-refractivity contribution in [3.63, 3.8) is 0 Å². The van der Waals surface area contributed by atoms with Gasteiger partial charge in [0.15, 0.2) is 0 Å². The number of carbonyl (C=O) groups excluding carboxylic acids is 1. The lowest BCUT2D eigenvalue weighted by Crippen LogP contribution is -2.27. The molecule has 7 heteroatoms. The Labute approximate surface area is 178 Å². The molecule has 1 unspecified atom stereocenters. The minimum Gasteiger partial charge on any atom is -0.506 e. The van der Waals surface area contributed by atoms with Crippen molar-refractivity contribution in [1.82, 2.24) is 4.57 Å². The molecule has 0 amide bonds. The van der Waals surface area contributed by atoms with Crippen molar-refractivity contribution in [2.24, 2.45) is 5.41 Å². The number of aliphatic carboxylic acids is 1. The summed E-state index contributed by atoms with van der Waals surface area (Å²) in [6.45, 7) is 7.13. The molecule has 29 heavy (non-hydrogen) atoms. The van der Waals surface area contributed by atoms with E-state index < -0.39 is 17.3 Å². The number of carboxylic acids is 1. The summed E-state index contributed by atoms with van der Waals surface area (Å²) in [7, 11) is 0. The highest BCUT2D eigenvalue weighted by Gasteiger charge is 2.38. The normalized spacial score (nSPS) is 12.9. The lowest BCUT2D eigenvalue weighted by atomic mass is 9.75. The summed E-state index contributed by atoms with van der Waals surface area (Å²) in [5, 5.41) is 21.0. The van der Waals surface area contributed by atoms with Gasteiger partial charge in [0.25, 0.3) is 5.91 Å². The van der Waals surface area contributed by atoms with Crippen molar-refractivity contribution in [1.29, 1.82) is 0 Å². The predicted molar refractivity (Wildman–Crippen MR) is 114 cm³/mol. The minimum atomic E-state index is -1.03. The van der Waals surface area contributed by atoms with Gasteiger partial charge in [-0.25, -0.2) is 0 Å². The highest BCUT2D eigenvalue weighted by atomic mass is 35.5. The summed E-state index contributed by atoms with van der Waals surface area (Å²) in [4.78, 5) is 25.5. The van der Waals surface area contributed by atoms with Crippen molar-refractivity contribution in [3.05, 3.63) is 63.3 Å². The smallest absolute Gasteiger partial charge is 0.311 e. The van der Waals surface area contributed by atoms with E-state index in [1.165, 1.54) is 10.6 Å². The number of aromatic hydroxyl groups is 1. The van der Waals surface area contributed by atoms with E-state index in [2.05, 4.69) is 0 Å². The molecule has 3 rings (SSSR count). The number of halogens is 2. The van der Waals surface area contributed by atoms with Gasteiger partial charge in [-0.1, -0.05) is 44.0 Å². The van der Waals surface area contributed by atoms with Crippen LogP contribution in [0.25, 0.3) is 10.9 Å². The molecule has 0 bridgehead atoms. The van der Waals surface area contributed by atoms with Gasteiger partial charge in [0.1, 0.15) is 5.75 Å². The molecule has 3 aromatic rings. The van der Waals surface area contributed by atoms with Gasteiger partial charge in [0.05, 0.1) is 16.5 Å². The summed E-state index contributed by atoms with van der Waals surface area (Å²) in [6.07, 6.45) is 0. The number of benzene rings is 2. The van der Waals surface area contributed by atoms with E-state index in [1.54, 1.807) is 37.3 Å². The molecule has 0 spiro atoms. The number of rotatable bonds is 3. The fraction of sp³-hybridized carbons (Fsp3) is 0.273. The second-order valence-corrected chi connectivity index (χ2v) is 8.89. The molecule has 1 aromatic heterocycles. The zero-order chi connectivity index (χ0) is 21.7. The van der Waals surface area contributed by atoms with Crippen LogP contribution in [-0.2, 0) is 4.79 Å². The number of carboxylic acid groups (broad SMARTS) is 1. The van der Waals surface area contributed by atoms with Gasteiger partial charge in [-0.3, -0.25) is 14.2 Å². The molecular weight excluding hydrogens is 413 g/mol. The molecule has 0 saturated heterocycles. The highest BCUT2D eigenvalue weighted by molar-refractivity contribution is 6.37. The molecular formula is C22H21Cl2NO4. The van der Waals surface area contributed by atoms with Gasteiger partial charge < -0.3 is 10.2 Å². The summed E-state index contributed by atoms with van der Waals surface area (Å²) in [5.74, 6) is -2.48. The lowest BCUT2D eigenvalue weighted by molar-refractivity contribution is -0.141. The number of aromatic nitrogens is 1. The number of carbonyl (C=O) groups is 2. The Morgan fingerprint density at radius 1 is 1.03 bits per heavy atom. The Kier molecular flexibility index (Phi) is 5.41. The first kappa shape index (κ1) is 21.2. The second kappa shape index (κ2) is 7.39. The number of phenols is 1. The Bertz CT molecular complexity index is 1120. The first-order chi connectivity index (χ1) is 13.4. The number of fused-ring (bicyclic) bond motifs is 1. The van der Waals surface area contributed by atoms with Crippen LogP contribution in [0.1, 0.15) is 48.3 Å². The standard InChI is InChI=1S/C22H21Cl2NO4/c1-11-16(18(21(28)29)22(2,3)4)17-14(9-10-15(26)19(17)24)25(11)20(27)12-5-7-13(23)8-6-12/h5-10,18,26H,1-4H3,(H,28,29). The van der Waals surface area contributed by atoms with Crippen molar-refractivity contribution >= 4 is 46.0 Å². The fourth-order valence-corrected chi connectivity index (χ4v) is 4.13. The average molecular weight is 434 g/mol. The van der Waals surface area contributed by atoms with Crippen molar-refractivity contribution in [2.45, 2.75) is 33.6 Å². The largest absolute Gasteiger partial charge is 0.506 e. The van der Waals surface area contributed by atoms with E-state index in [9.17, 15) is 19.8 Å². The van der Waals surface area contributed by atoms with Crippen LogP contribution in [0.2, 0.25) is 10.0 Å². The van der Waals surface area contributed by atoms with Crippen molar-refractivity contribution in [2.75, 3.05) is 0 Å². The number of phenolic OH excluding ortho intramolecular Hbond substituents is 1. The van der Waals surface area contributed by atoms with E-state index in [0.29, 0.717) is 32.7 Å². The van der Waals surface area contributed by atoms with Crippen LogP contribution >= 0.6 is 23.2 Å². The topological polar surface area (TPSA) is 79.5 Å². The SMILES string of the molecule is Cc1c(C(C(=O)O)C(C)(C)C)c2c(Cl)c(O)ccc2n1C(=O)c1ccc(Cl)cc1. The Hall–Kier alpha value is -2.50. The quantitative estimate of drug-likeness (QED) is 0.541. The van der Waals surface area contributed by atoms with Crippen molar-refractivity contribution < 1.29 is 19.8 Å². The van der Waals surface area contributed by atoms with Crippen LogP contribution < -0.4 is 0 Å². The fourth-order valence-electron chi connectivity index (χ4n) is 3.74. The second-order valence-electron chi connectivity index (χ2n) is 8.08. The Morgan fingerprint density at radius 3 is 2.14 bits per heavy atom. The van der Waals surface area contributed by atoms with E-state index in [-0.39, 0.29) is 16.7 Å². The van der Waals surface area contributed by atoms with Crippen LogP contribution in [0.3, 0.4) is 0 Å². The molecule has 0 radical (unpaired) electrons. The molecule has 0 fully saturated rings. The molecule has 0 aliphatic carbocycles.